The molecule has 146 valence electrons. The topological polar surface area (TPSA) is 49.4 Å². The highest BCUT2D eigenvalue weighted by Gasteiger charge is 2.34. The zero-order valence-corrected chi connectivity index (χ0v) is 17.3. The number of benzene rings is 2. The molecule has 1 fully saturated rings. The molecule has 1 aliphatic heterocycles. The number of rotatable bonds is 6. The quantitative estimate of drug-likeness (QED) is 0.813. The molecule has 0 aliphatic carbocycles. The lowest BCUT2D eigenvalue weighted by Crippen LogP contribution is -2.43. The van der Waals surface area contributed by atoms with Crippen molar-refractivity contribution in [2.24, 2.45) is 5.41 Å². The molecule has 1 N–H and O–H groups in total. The van der Waals surface area contributed by atoms with E-state index in [0.717, 1.165) is 24.9 Å². The van der Waals surface area contributed by atoms with Crippen molar-refractivity contribution in [1.82, 2.24) is 9.62 Å². The van der Waals surface area contributed by atoms with E-state index >= 15 is 0 Å². The van der Waals surface area contributed by atoms with Gasteiger partial charge in [0.1, 0.15) is 0 Å². The fourth-order valence-corrected chi connectivity index (χ4v) is 5.33. The second-order valence-corrected chi connectivity index (χ2v) is 10.3. The number of hydrogen-bond donors (Lipinski definition) is 1. The molecule has 2 aromatic rings. The zero-order valence-electron chi connectivity index (χ0n) is 16.5. The maximum absolute atomic E-state index is 13.1. The highest BCUT2D eigenvalue weighted by Crippen LogP contribution is 2.31. The van der Waals surface area contributed by atoms with Gasteiger partial charge in [-0.05, 0) is 48.4 Å². The van der Waals surface area contributed by atoms with Crippen molar-refractivity contribution in [2.45, 2.75) is 51.6 Å². The van der Waals surface area contributed by atoms with Crippen LogP contribution < -0.4 is 5.32 Å². The molecular formula is C22H30N2O2S. The Morgan fingerprint density at radius 2 is 1.74 bits per heavy atom. The Morgan fingerprint density at radius 1 is 1.04 bits per heavy atom. The van der Waals surface area contributed by atoms with Gasteiger partial charge in [-0.1, -0.05) is 55.8 Å². The number of nitrogens with one attached hydrogen (secondary N) is 1. The van der Waals surface area contributed by atoms with Crippen LogP contribution in [0.4, 0.5) is 0 Å². The molecule has 2 aromatic carbocycles. The van der Waals surface area contributed by atoms with Gasteiger partial charge in [0.2, 0.25) is 10.0 Å². The van der Waals surface area contributed by atoms with Gasteiger partial charge in [0.15, 0.2) is 0 Å². The lowest BCUT2D eigenvalue weighted by Gasteiger charge is -2.37. The summed E-state index contributed by atoms with van der Waals surface area (Å²) in [6.45, 7) is 8.96. The molecule has 27 heavy (non-hydrogen) atoms. The van der Waals surface area contributed by atoms with Crippen LogP contribution >= 0.6 is 0 Å². The third-order valence-corrected chi connectivity index (χ3v) is 7.02. The molecule has 3 rings (SSSR count). The third-order valence-electron chi connectivity index (χ3n) is 5.18. The minimum atomic E-state index is -3.43. The van der Waals surface area contributed by atoms with Crippen LogP contribution in [0.25, 0.3) is 0 Å². The summed E-state index contributed by atoms with van der Waals surface area (Å²) in [5.74, 6) is 0. The Balaban J connectivity index is 1.66. The molecule has 0 radical (unpaired) electrons. The normalized spacial score (nSPS) is 17.7. The number of hydrogen-bond acceptors (Lipinski definition) is 3. The van der Waals surface area contributed by atoms with Crippen LogP contribution in [-0.4, -0.2) is 25.8 Å². The van der Waals surface area contributed by atoms with E-state index in [1.807, 2.05) is 12.1 Å². The summed E-state index contributed by atoms with van der Waals surface area (Å²) < 4.78 is 27.8. The Kier molecular flexibility index (Phi) is 6.04. The Bertz CT molecular complexity index is 873. The van der Waals surface area contributed by atoms with Gasteiger partial charge in [-0.15, -0.1) is 0 Å². The first-order valence-electron chi connectivity index (χ1n) is 9.62. The van der Waals surface area contributed by atoms with Gasteiger partial charge in [-0.3, -0.25) is 0 Å². The SMILES string of the molecule is Cc1ccc(CNCc2cccc(S(=O)(=O)N3CCCC(C)(C)C3)c2)cc1. The lowest BCUT2D eigenvalue weighted by molar-refractivity contribution is 0.187. The molecule has 0 bridgehead atoms. The van der Waals surface area contributed by atoms with Crippen molar-refractivity contribution in [3.63, 3.8) is 0 Å². The Morgan fingerprint density at radius 3 is 2.44 bits per heavy atom. The summed E-state index contributed by atoms with van der Waals surface area (Å²) in [7, 11) is -3.43. The molecule has 0 saturated carbocycles. The summed E-state index contributed by atoms with van der Waals surface area (Å²) >= 11 is 0. The molecule has 0 aromatic heterocycles. The fraction of sp³-hybridized carbons (Fsp3) is 0.455. The van der Waals surface area contributed by atoms with E-state index in [0.29, 0.717) is 24.5 Å². The lowest BCUT2D eigenvalue weighted by atomic mass is 9.85. The van der Waals surface area contributed by atoms with Gasteiger partial charge in [0.25, 0.3) is 0 Å². The fourth-order valence-electron chi connectivity index (χ4n) is 3.60. The maximum atomic E-state index is 13.1. The number of aryl methyl sites for hydroxylation is 1. The van der Waals surface area contributed by atoms with E-state index in [4.69, 9.17) is 0 Å². The van der Waals surface area contributed by atoms with Crippen LogP contribution in [0, 0.1) is 12.3 Å². The highest BCUT2D eigenvalue weighted by molar-refractivity contribution is 7.89. The van der Waals surface area contributed by atoms with E-state index < -0.39 is 10.0 Å². The summed E-state index contributed by atoms with van der Waals surface area (Å²) in [5.41, 5.74) is 3.50. The van der Waals surface area contributed by atoms with Crippen molar-refractivity contribution in [3.05, 3.63) is 65.2 Å². The molecule has 1 aliphatic rings. The second kappa shape index (κ2) is 8.13. The second-order valence-electron chi connectivity index (χ2n) is 8.34. The molecule has 1 saturated heterocycles. The minimum Gasteiger partial charge on any atom is -0.309 e. The molecule has 0 amide bonds. The average Bonchev–Trinajstić information content (AvgIpc) is 2.63. The summed E-state index contributed by atoms with van der Waals surface area (Å²) in [6, 6.07) is 15.8. The summed E-state index contributed by atoms with van der Waals surface area (Å²) in [6.07, 6.45) is 1.99. The van der Waals surface area contributed by atoms with Crippen molar-refractivity contribution < 1.29 is 8.42 Å². The third kappa shape index (κ3) is 5.18. The average molecular weight is 387 g/mol. The van der Waals surface area contributed by atoms with E-state index in [1.54, 1.807) is 16.4 Å². The first kappa shape index (κ1) is 20.1. The van der Waals surface area contributed by atoms with Crippen molar-refractivity contribution >= 4 is 10.0 Å². The van der Waals surface area contributed by atoms with Crippen LogP contribution in [-0.2, 0) is 23.1 Å². The summed E-state index contributed by atoms with van der Waals surface area (Å²) in [5, 5.41) is 3.40. The predicted octanol–water partition coefficient (Wildman–Crippen LogP) is 4.10. The molecule has 0 atom stereocenters. The number of sulfonamides is 1. The van der Waals surface area contributed by atoms with Gasteiger partial charge < -0.3 is 5.32 Å². The Labute approximate surface area is 163 Å². The van der Waals surface area contributed by atoms with Gasteiger partial charge in [0.05, 0.1) is 4.90 Å². The summed E-state index contributed by atoms with van der Waals surface area (Å²) in [4.78, 5) is 0.398. The van der Waals surface area contributed by atoms with E-state index in [9.17, 15) is 8.42 Å². The monoisotopic (exact) mass is 386 g/mol. The van der Waals surface area contributed by atoms with E-state index in [-0.39, 0.29) is 5.41 Å². The van der Waals surface area contributed by atoms with Crippen LogP contribution in [0.2, 0.25) is 0 Å². The largest absolute Gasteiger partial charge is 0.309 e. The highest BCUT2D eigenvalue weighted by atomic mass is 32.2. The first-order chi connectivity index (χ1) is 12.8. The van der Waals surface area contributed by atoms with E-state index in [2.05, 4.69) is 50.4 Å². The maximum Gasteiger partial charge on any atom is 0.243 e. The van der Waals surface area contributed by atoms with E-state index in [1.165, 1.54) is 11.1 Å². The molecule has 1 heterocycles. The predicted molar refractivity (Wildman–Crippen MR) is 110 cm³/mol. The molecule has 5 heteroatoms. The number of piperidine rings is 1. The van der Waals surface area contributed by atoms with Crippen LogP contribution in [0.15, 0.2) is 53.4 Å². The van der Waals surface area contributed by atoms with Crippen molar-refractivity contribution in [1.29, 1.82) is 0 Å². The number of nitrogens with zero attached hydrogens (tertiary/aromatic N) is 1. The molecular weight excluding hydrogens is 356 g/mol. The van der Waals surface area contributed by atoms with Crippen LogP contribution in [0.3, 0.4) is 0 Å². The van der Waals surface area contributed by atoms with Crippen molar-refractivity contribution in [2.75, 3.05) is 13.1 Å². The van der Waals surface area contributed by atoms with Crippen LogP contribution in [0.1, 0.15) is 43.4 Å². The van der Waals surface area contributed by atoms with Gasteiger partial charge in [0, 0.05) is 26.2 Å². The van der Waals surface area contributed by atoms with Crippen LogP contribution in [0.5, 0.6) is 0 Å². The Hall–Kier alpha value is -1.69. The van der Waals surface area contributed by atoms with Gasteiger partial charge >= 0.3 is 0 Å². The minimum absolute atomic E-state index is 0.0402. The molecule has 4 nitrogen and oxygen atoms in total. The molecule has 0 spiro atoms. The first-order valence-corrected chi connectivity index (χ1v) is 11.1. The van der Waals surface area contributed by atoms with Gasteiger partial charge in [-0.25, -0.2) is 8.42 Å². The smallest absolute Gasteiger partial charge is 0.243 e. The molecule has 0 unspecified atom stereocenters. The van der Waals surface area contributed by atoms with Gasteiger partial charge in [-0.2, -0.15) is 4.31 Å². The van der Waals surface area contributed by atoms with Crippen molar-refractivity contribution in [3.8, 4) is 0 Å². The zero-order chi connectivity index (χ0) is 19.5. The standard InChI is InChI=1S/C22H30N2O2S/c1-18-8-10-19(11-9-18)15-23-16-20-6-4-7-21(14-20)27(25,26)24-13-5-12-22(2,3)17-24/h4,6-11,14,23H,5,12-13,15-17H2,1-3H3.